The molecule has 0 radical (unpaired) electrons. The van der Waals surface area contributed by atoms with Crippen LogP contribution in [0.1, 0.15) is 24.8 Å². The highest BCUT2D eigenvalue weighted by molar-refractivity contribution is 7.92. The van der Waals surface area contributed by atoms with E-state index in [1.54, 1.807) is 53.8 Å². The van der Waals surface area contributed by atoms with E-state index in [0.717, 1.165) is 36.0 Å². The summed E-state index contributed by atoms with van der Waals surface area (Å²) in [5.74, 6) is 0.315. The number of hydrogen-bond donors (Lipinski definition) is 2. The molecule has 9 nitrogen and oxygen atoms in total. The van der Waals surface area contributed by atoms with E-state index in [2.05, 4.69) is 20.0 Å². The number of benzene rings is 1. The number of aromatic nitrogens is 2. The molecule has 33 heavy (non-hydrogen) atoms. The second-order valence-corrected chi connectivity index (χ2v) is 12.9. The number of hydrogen-bond acceptors (Lipinski definition) is 8. The molecule has 1 fully saturated rings. The summed E-state index contributed by atoms with van der Waals surface area (Å²) in [6, 6.07) is 10.4. The lowest BCUT2D eigenvalue weighted by atomic mass is 10.2. The molecule has 2 aromatic heterocycles. The van der Waals surface area contributed by atoms with Crippen molar-refractivity contribution in [3.8, 4) is 10.6 Å². The van der Waals surface area contributed by atoms with E-state index in [-0.39, 0.29) is 0 Å². The van der Waals surface area contributed by atoms with E-state index in [9.17, 15) is 16.8 Å². The first-order valence-corrected chi connectivity index (χ1v) is 14.6. The lowest BCUT2D eigenvalue weighted by Gasteiger charge is -2.25. The molecule has 3 aromatic rings. The fourth-order valence-corrected chi connectivity index (χ4v) is 7.09. The van der Waals surface area contributed by atoms with E-state index in [4.69, 9.17) is 0 Å². The van der Waals surface area contributed by atoms with E-state index < -0.39 is 20.0 Å². The van der Waals surface area contributed by atoms with Gasteiger partial charge in [0.15, 0.2) is 0 Å². The van der Waals surface area contributed by atoms with Crippen LogP contribution in [0.25, 0.3) is 10.6 Å². The van der Waals surface area contributed by atoms with Crippen molar-refractivity contribution in [2.75, 3.05) is 29.4 Å². The molecule has 1 aromatic carbocycles. The Bertz CT molecular complexity index is 1360. The van der Waals surface area contributed by atoms with Crippen molar-refractivity contribution in [2.24, 2.45) is 0 Å². The molecule has 0 unspecified atom stereocenters. The van der Waals surface area contributed by atoms with Crippen LogP contribution in [-0.2, 0) is 20.0 Å². The number of piperidine rings is 1. The third kappa shape index (κ3) is 5.69. The van der Waals surface area contributed by atoms with Crippen LogP contribution >= 0.6 is 11.3 Å². The normalized spacial score (nSPS) is 15.3. The standard InChI is InChI=1S/C21H25N5O4S3/c1-15-6-7-16(14-18(15)25-32(2,27)28)23-21-22-11-10-17(24-21)19-8-9-20(31-19)33(29,30)26-12-4-3-5-13-26/h6-11,14,25H,3-5,12-13H2,1-2H3,(H,22,23,24). The van der Waals surface area contributed by atoms with Crippen molar-refractivity contribution in [3.05, 3.63) is 48.2 Å². The van der Waals surface area contributed by atoms with E-state index in [1.807, 2.05) is 0 Å². The summed E-state index contributed by atoms with van der Waals surface area (Å²) in [6.45, 7) is 2.93. The van der Waals surface area contributed by atoms with E-state index in [1.165, 1.54) is 11.3 Å². The molecule has 1 aliphatic heterocycles. The van der Waals surface area contributed by atoms with Gasteiger partial charge >= 0.3 is 0 Å². The predicted molar refractivity (Wildman–Crippen MR) is 131 cm³/mol. The number of nitrogens with zero attached hydrogens (tertiary/aromatic N) is 3. The summed E-state index contributed by atoms with van der Waals surface area (Å²) in [6.07, 6.45) is 5.52. The van der Waals surface area contributed by atoms with Crippen LogP contribution in [0.2, 0.25) is 0 Å². The quantitative estimate of drug-likeness (QED) is 0.499. The van der Waals surface area contributed by atoms with Crippen LogP contribution in [0.4, 0.5) is 17.3 Å². The van der Waals surface area contributed by atoms with Crippen LogP contribution in [0.15, 0.2) is 46.8 Å². The third-order valence-corrected chi connectivity index (χ3v) is 9.25. The Morgan fingerprint density at radius 1 is 1.00 bits per heavy atom. The molecule has 2 N–H and O–H groups in total. The predicted octanol–water partition coefficient (Wildman–Crippen LogP) is 3.80. The summed E-state index contributed by atoms with van der Waals surface area (Å²) < 4.78 is 53.4. The van der Waals surface area contributed by atoms with Crippen molar-refractivity contribution in [1.82, 2.24) is 14.3 Å². The van der Waals surface area contributed by atoms with Crippen molar-refractivity contribution >= 4 is 48.7 Å². The van der Waals surface area contributed by atoms with Gasteiger partial charge in [0.25, 0.3) is 10.0 Å². The fraction of sp³-hybridized carbons (Fsp3) is 0.333. The van der Waals surface area contributed by atoms with Crippen molar-refractivity contribution < 1.29 is 16.8 Å². The summed E-state index contributed by atoms with van der Waals surface area (Å²) in [7, 11) is -6.91. The first-order valence-electron chi connectivity index (χ1n) is 10.4. The molecule has 1 saturated heterocycles. The topological polar surface area (TPSA) is 121 Å². The van der Waals surface area contributed by atoms with Crippen LogP contribution < -0.4 is 10.0 Å². The Kier molecular flexibility index (Phi) is 6.71. The van der Waals surface area contributed by atoms with Crippen molar-refractivity contribution in [3.63, 3.8) is 0 Å². The Morgan fingerprint density at radius 2 is 1.76 bits per heavy atom. The van der Waals surface area contributed by atoms with Gasteiger partial charge in [-0.05, 0) is 55.7 Å². The SMILES string of the molecule is Cc1ccc(Nc2nccc(-c3ccc(S(=O)(=O)N4CCCCC4)s3)n2)cc1NS(C)(=O)=O. The molecule has 4 rings (SSSR count). The second-order valence-electron chi connectivity index (χ2n) is 7.88. The highest BCUT2D eigenvalue weighted by Crippen LogP contribution is 2.33. The first-order chi connectivity index (χ1) is 15.6. The zero-order chi connectivity index (χ0) is 23.6. The number of rotatable bonds is 7. The molecule has 0 amide bonds. The smallest absolute Gasteiger partial charge is 0.252 e. The Morgan fingerprint density at radius 3 is 2.48 bits per heavy atom. The molecule has 0 saturated carbocycles. The fourth-order valence-electron chi connectivity index (χ4n) is 3.52. The van der Waals surface area contributed by atoms with Crippen molar-refractivity contribution in [2.45, 2.75) is 30.4 Å². The van der Waals surface area contributed by atoms with Crippen LogP contribution in [0, 0.1) is 6.92 Å². The number of anilines is 3. The molecule has 0 atom stereocenters. The zero-order valence-electron chi connectivity index (χ0n) is 18.3. The Balaban J connectivity index is 1.55. The van der Waals surface area contributed by atoms with Crippen LogP contribution in [0.3, 0.4) is 0 Å². The average Bonchev–Trinajstić information content (AvgIpc) is 3.27. The van der Waals surface area contributed by atoms with Gasteiger partial charge in [0.2, 0.25) is 16.0 Å². The van der Waals surface area contributed by atoms with Gasteiger partial charge < -0.3 is 5.32 Å². The minimum atomic E-state index is -3.49. The third-order valence-electron chi connectivity index (χ3n) is 5.19. The van der Waals surface area contributed by atoms with Gasteiger partial charge in [-0.1, -0.05) is 12.5 Å². The molecule has 0 aliphatic carbocycles. The van der Waals surface area contributed by atoms with Gasteiger partial charge in [0.05, 0.1) is 22.5 Å². The van der Waals surface area contributed by atoms with Gasteiger partial charge in [-0.15, -0.1) is 11.3 Å². The number of sulfonamides is 2. The second kappa shape index (κ2) is 9.37. The van der Waals surface area contributed by atoms with E-state index in [0.29, 0.717) is 40.3 Å². The number of aryl methyl sites for hydroxylation is 1. The van der Waals surface area contributed by atoms with Gasteiger partial charge in [0.1, 0.15) is 4.21 Å². The molecular weight excluding hydrogens is 482 g/mol. The summed E-state index contributed by atoms with van der Waals surface area (Å²) in [5, 5.41) is 3.08. The molecule has 0 spiro atoms. The molecule has 12 heteroatoms. The molecule has 176 valence electrons. The Labute approximate surface area is 198 Å². The summed E-state index contributed by atoms with van der Waals surface area (Å²) in [4.78, 5) is 9.47. The maximum Gasteiger partial charge on any atom is 0.252 e. The molecule has 3 heterocycles. The van der Waals surface area contributed by atoms with E-state index >= 15 is 0 Å². The first kappa shape index (κ1) is 23.6. The van der Waals surface area contributed by atoms with Crippen LogP contribution in [0.5, 0.6) is 0 Å². The van der Waals surface area contributed by atoms with Crippen LogP contribution in [-0.4, -0.2) is 50.5 Å². The molecular formula is C21H25N5O4S3. The maximum atomic E-state index is 12.9. The maximum absolute atomic E-state index is 12.9. The Hall–Kier alpha value is -2.54. The van der Waals surface area contributed by atoms with Gasteiger partial charge in [-0.25, -0.2) is 26.8 Å². The van der Waals surface area contributed by atoms with Gasteiger partial charge in [-0.3, -0.25) is 4.72 Å². The largest absolute Gasteiger partial charge is 0.324 e. The molecule has 1 aliphatic rings. The molecule has 0 bridgehead atoms. The van der Waals surface area contributed by atoms with Gasteiger partial charge in [0, 0.05) is 25.0 Å². The minimum Gasteiger partial charge on any atom is -0.324 e. The van der Waals surface area contributed by atoms with Crippen molar-refractivity contribution in [1.29, 1.82) is 0 Å². The zero-order valence-corrected chi connectivity index (χ0v) is 20.7. The average molecular weight is 508 g/mol. The lowest BCUT2D eigenvalue weighted by Crippen LogP contribution is -2.35. The summed E-state index contributed by atoms with van der Waals surface area (Å²) >= 11 is 1.19. The highest BCUT2D eigenvalue weighted by atomic mass is 32.2. The minimum absolute atomic E-state index is 0.308. The lowest BCUT2D eigenvalue weighted by molar-refractivity contribution is 0.347. The number of nitrogens with one attached hydrogen (secondary N) is 2. The highest BCUT2D eigenvalue weighted by Gasteiger charge is 2.27. The summed E-state index contributed by atoms with van der Waals surface area (Å²) in [5.41, 5.74) is 2.45. The monoisotopic (exact) mass is 507 g/mol. The number of thiophene rings is 1. The van der Waals surface area contributed by atoms with Gasteiger partial charge in [-0.2, -0.15) is 4.31 Å².